The molecule has 3 aliphatic heterocycles. The summed E-state index contributed by atoms with van der Waals surface area (Å²) in [7, 11) is -2.79. The molecule has 116 valence electrons. The molecule has 3 fully saturated rings. The zero-order valence-corrected chi connectivity index (χ0v) is 13.4. The third-order valence-electron chi connectivity index (χ3n) is 5.44. The summed E-state index contributed by atoms with van der Waals surface area (Å²) in [6, 6.07) is 1.90. The molecule has 3 rings (SSSR count). The van der Waals surface area contributed by atoms with Gasteiger partial charge in [0.25, 0.3) is 0 Å². The van der Waals surface area contributed by atoms with E-state index in [4.69, 9.17) is 0 Å². The van der Waals surface area contributed by atoms with Crippen LogP contribution in [0.25, 0.3) is 0 Å². The van der Waals surface area contributed by atoms with Gasteiger partial charge in [0.05, 0.1) is 11.0 Å². The summed E-state index contributed by atoms with van der Waals surface area (Å²) in [4.78, 5) is 2.54. The fraction of sp³-hybridized carbons (Fsp3) is 1.00. The molecule has 5 heteroatoms. The molecule has 0 spiro atoms. The zero-order valence-electron chi connectivity index (χ0n) is 12.6. The minimum absolute atomic E-state index is 0.0780. The van der Waals surface area contributed by atoms with E-state index in [0.29, 0.717) is 23.9 Å². The van der Waals surface area contributed by atoms with Crippen molar-refractivity contribution in [1.82, 2.24) is 10.2 Å². The number of nitrogens with one attached hydrogen (secondary N) is 1. The second-order valence-corrected chi connectivity index (χ2v) is 9.24. The topological polar surface area (TPSA) is 49.4 Å². The molecule has 0 aliphatic carbocycles. The monoisotopic (exact) mass is 300 g/mol. The molecule has 3 aliphatic rings. The summed E-state index contributed by atoms with van der Waals surface area (Å²) >= 11 is 0. The number of nitrogens with zero attached hydrogens (tertiary/aromatic N) is 1. The van der Waals surface area contributed by atoms with Crippen LogP contribution in [-0.2, 0) is 9.84 Å². The molecule has 0 aromatic carbocycles. The summed E-state index contributed by atoms with van der Waals surface area (Å²) in [5.41, 5.74) is 0. The van der Waals surface area contributed by atoms with Crippen LogP contribution >= 0.6 is 0 Å². The normalized spacial score (nSPS) is 40.2. The minimum Gasteiger partial charge on any atom is -0.314 e. The van der Waals surface area contributed by atoms with Crippen molar-refractivity contribution in [3.05, 3.63) is 0 Å². The highest BCUT2D eigenvalue weighted by Crippen LogP contribution is 2.37. The highest BCUT2D eigenvalue weighted by molar-refractivity contribution is 7.92. The van der Waals surface area contributed by atoms with Gasteiger partial charge in [-0.1, -0.05) is 6.92 Å². The number of rotatable bonds is 5. The van der Waals surface area contributed by atoms with Crippen molar-refractivity contribution in [2.45, 2.75) is 75.2 Å². The van der Waals surface area contributed by atoms with Crippen LogP contribution in [0.1, 0.15) is 51.9 Å². The van der Waals surface area contributed by atoms with E-state index in [-0.39, 0.29) is 5.25 Å². The first-order chi connectivity index (χ1) is 9.60. The van der Waals surface area contributed by atoms with Crippen LogP contribution in [0, 0.1) is 0 Å². The number of sulfone groups is 1. The van der Waals surface area contributed by atoms with E-state index in [9.17, 15) is 8.42 Å². The lowest BCUT2D eigenvalue weighted by molar-refractivity contribution is 0.116. The van der Waals surface area contributed by atoms with Gasteiger partial charge in [-0.2, -0.15) is 0 Å². The second-order valence-electron chi connectivity index (χ2n) is 6.84. The third kappa shape index (κ3) is 2.90. The first kappa shape index (κ1) is 14.8. The number of piperidine rings is 1. The molecular weight excluding hydrogens is 272 g/mol. The largest absolute Gasteiger partial charge is 0.314 e. The molecule has 0 amide bonds. The average molecular weight is 300 g/mol. The molecule has 4 nitrogen and oxygen atoms in total. The predicted octanol–water partition coefficient (Wildman–Crippen LogP) is 1.56. The maximum absolute atomic E-state index is 12.0. The zero-order chi connectivity index (χ0) is 14.2. The Bertz CT molecular complexity index is 423. The Morgan fingerprint density at radius 3 is 2.40 bits per heavy atom. The molecule has 20 heavy (non-hydrogen) atoms. The molecule has 3 heterocycles. The van der Waals surface area contributed by atoms with Gasteiger partial charge in [-0.05, 0) is 51.5 Å². The van der Waals surface area contributed by atoms with E-state index in [1.54, 1.807) is 0 Å². The summed E-state index contributed by atoms with van der Waals surface area (Å²) < 4.78 is 24.1. The number of hydrogen-bond donors (Lipinski definition) is 1. The van der Waals surface area contributed by atoms with E-state index in [0.717, 1.165) is 25.9 Å². The van der Waals surface area contributed by atoms with Gasteiger partial charge in [0.1, 0.15) is 0 Å². The van der Waals surface area contributed by atoms with Crippen molar-refractivity contribution in [2.24, 2.45) is 0 Å². The Hall–Kier alpha value is -0.130. The fourth-order valence-corrected chi connectivity index (χ4v) is 6.21. The molecule has 0 aromatic heterocycles. The molecule has 0 aromatic rings. The third-order valence-corrected chi connectivity index (χ3v) is 7.70. The van der Waals surface area contributed by atoms with Gasteiger partial charge in [-0.3, -0.25) is 4.90 Å². The van der Waals surface area contributed by atoms with Gasteiger partial charge in [-0.15, -0.1) is 0 Å². The lowest BCUT2D eigenvalue weighted by Gasteiger charge is -2.40. The molecule has 1 N–H and O–H groups in total. The molecular formula is C15H28N2O2S. The Balaban J connectivity index is 1.60. The second kappa shape index (κ2) is 5.93. The van der Waals surface area contributed by atoms with Gasteiger partial charge in [0.15, 0.2) is 9.84 Å². The average Bonchev–Trinajstić information content (AvgIpc) is 2.85. The lowest BCUT2D eigenvalue weighted by atomic mass is 9.96. The highest BCUT2D eigenvalue weighted by Gasteiger charge is 2.43. The van der Waals surface area contributed by atoms with Crippen molar-refractivity contribution in [1.29, 1.82) is 0 Å². The molecule has 2 bridgehead atoms. The van der Waals surface area contributed by atoms with E-state index in [1.165, 1.54) is 32.1 Å². The Morgan fingerprint density at radius 1 is 1.15 bits per heavy atom. The SMILES string of the molecule is CCCNC1CC2CCC(C1)N2CC1CCCS1(=O)=O. The van der Waals surface area contributed by atoms with Crippen molar-refractivity contribution in [3.8, 4) is 0 Å². The predicted molar refractivity (Wildman–Crippen MR) is 81.6 cm³/mol. The summed E-state index contributed by atoms with van der Waals surface area (Å²) in [6.45, 7) is 4.13. The van der Waals surface area contributed by atoms with Gasteiger partial charge in [0.2, 0.25) is 0 Å². The molecule has 3 saturated heterocycles. The summed E-state index contributed by atoms with van der Waals surface area (Å²) in [6.07, 6.45) is 7.90. The maximum Gasteiger partial charge on any atom is 0.154 e. The van der Waals surface area contributed by atoms with Crippen LogP contribution in [0.4, 0.5) is 0 Å². The Kier molecular flexibility index (Phi) is 4.39. The van der Waals surface area contributed by atoms with Crippen LogP contribution < -0.4 is 5.32 Å². The van der Waals surface area contributed by atoms with Crippen molar-refractivity contribution < 1.29 is 8.42 Å². The van der Waals surface area contributed by atoms with Crippen LogP contribution in [0.15, 0.2) is 0 Å². The van der Waals surface area contributed by atoms with Crippen LogP contribution in [0.2, 0.25) is 0 Å². The Labute approximate surface area is 123 Å². The molecule has 3 atom stereocenters. The van der Waals surface area contributed by atoms with Crippen molar-refractivity contribution in [2.75, 3.05) is 18.8 Å². The van der Waals surface area contributed by atoms with Crippen LogP contribution in [0.3, 0.4) is 0 Å². The van der Waals surface area contributed by atoms with Crippen LogP contribution in [0.5, 0.6) is 0 Å². The number of hydrogen-bond acceptors (Lipinski definition) is 4. The maximum atomic E-state index is 12.0. The van der Waals surface area contributed by atoms with Crippen molar-refractivity contribution in [3.63, 3.8) is 0 Å². The van der Waals surface area contributed by atoms with E-state index >= 15 is 0 Å². The highest BCUT2D eigenvalue weighted by atomic mass is 32.2. The van der Waals surface area contributed by atoms with E-state index < -0.39 is 9.84 Å². The van der Waals surface area contributed by atoms with Gasteiger partial charge >= 0.3 is 0 Å². The number of fused-ring (bicyclic) bond motifs is 2. The van der Waals surface area contributed by atoms with Gasteiger partial charge in [0, 0.05) is 24.7 Å². The lowest BCUT2D eigenvalue weighted by Crippen LogP contribution is -2.51. The van der Waals surface area contributed by atoms with Gasteiger partial charge in [-0.25, -0.2) is 8.42 Å². The van der Waals surface area contributed by atoms with E-state index in [1.807, 2.05) is 0 Å². The molecule has 3 unspecified atom stereocenters. The first-order valence-electron chi connectivity index (χ1n) is 8.31. The Morgan fingerprint density at radius 2 is 1.85 bits per heavy atom. The first-order valence-corrected chi connectivity index (χ1v) is 10.0. The fourth-order valence-electron chi connectivity index (χ4n) is 4.39. The standard InChI is InChI=1S/C15H28N2O2S/c1-2-7-16-12-9-13-5-6-14(10-12)17(13)11-15-4-3-8-20(15,18)19/h12-16H,2-11H2,1H3. The minimum atomic E-state index is -2.79. The van der Waals surface area contributed by atoms with Gasteiger partial charge < -0.3 is 5.32 Å². The summed E-state index contributed by atoms with van der Waals surface area (Å²) in [5, 5.41) is 3.58. The van der Waals surface area contributed by atoms with Crippen molar-refractivity contribution >= 4 is 9.84 Å². The summed E-state index contributed by atoms with van der Waals surface area (Å²) in [5.74, 6) is 0.418. The quantitative estimate of drug-likeness (QED) is 0.837. The van der Waals surface area contributed by atoms with Crippen LogP contribution in [-0.4, -0.2) is 55.5 Å². The van der Waals surface area contributed by atoms with E-state index in [2.05, 4.69) is 17.1 Å². The smallest absolute Gasteiger partial charge is 0.154 e. The molecule has 0 saturated carbocycles. The molecule has 0 radical (unpaired) electrons.